The Morgan fingerprint density at radius 1 is 0.828 bits per heavy atom. The van der Waals surface area contributed by atoms with Gasteiger partial charge in [0.1, 0.15) is 0 Å². The molecule has 0 aliphatic rings. The van der Waals surface area contributed by atoms with Crippen molar-refractivity contribution in [3.05, 3.63) is 59.7 Å². The van der Waals surface area contributed by atoms with Gasteiger partial charge in [-0.15, -0.1) is 0 Å². The van der Waals surface area contributed by atoms with Crippen molar-refractivity contribution in [2.24, 2.45) is 4.99 Å². The molecule has 0 aromatic heterocycles. The maximum absolute atomic E-state index is 11.9. The Morgan fingerprint density at radius 3 is 1.79 bits per heavy atom. The second-order valence-corrected chi connectivity index (χ2v) is 6.51. The molecule has 0 radical (unpaired) electrons. The minimum absolute atomic E-state index is 0.313. The number of ether oxygens (including phenoxy) is 2. The molecule has 2 aromatic carbocycles. The van der Waals surface area contributed by atoms with Crippen molar-refractivity contribution in [3.63, 3.8) is 0 Å². The topological polar surface area (TPSA) is 77.0 Å². The van der Waals surface area contributed by atoms with E-state index in [-0.39, 0.29) is 11.9 Å². The number of unbranched alkanes of at least 4 members (excludes halogenated alkanes) is 2. The molecule has 0 amide bonds. The first kappa shape index (κ1) is 22.1. The van der Waals surface area contributed by atoms with Crippen LogP contribution < -0.4 is 5.32 Å². The van der Waals surface area contributed by atoms with Gasteiger partial charge in [-0.25, -0.2) is 14.6 Å². The average Bonchev–Trinajstić information content (AvgIpc) is 2.75. The van der Waals surface area contributed by atoms with Crippen molar-refractivity contribution in [1.82, 2.24) is 0 Å². The molecule has 1 N–H and O–H groups in total. The van der Waals surface area contributed by atoms with Crippen LogP contribution in [0, 0.1) is 0 Å². The lowest BCUT2D eigenvalue weighted by Gasteiger charge is -2.05. The predicted octanol–water partition coefficient (Wildman–Crippen LogP) is 5.37. The van der Waals surface area contributed by atoms with Gasteiger partial charge >= 0.3 is 11.9 Å². The second-order valence-electron chi connectivity index (χ2n) is 6.51. The van der Waals surface area contributed by atoms with Gasteiger partial charge in [0.05, 0.1) is 36.4 Å². The van der Waals surface area contributed by atoms with Gasteiger partial charge in [0.15, 0.2) is 0 Å². The largest absolute Gasteiger partial charge is 0.462 e. The van der Waals surface area contributed by atoms with Gasteiger partial charge in [-0.1, -0.05) is 26.7 Å². The van der Waals surface area contributed by atoms with E-state index in [1.165, 1.54) is 0 Å². The molecule has 29 heavy (non-hydrogen) atoms. The maximum atomic E-state index is 11.9. The van der Waals surface area contributed by atoms with Crippen LogP contribution >= 0.6 is 0 Å². The summed E-state index contributed by atoms with van der Waals surface area (Å²) in [6, 6.07) is 13.9. The van der Waals surface area contributed by atoms with Crippen LogP contribution in [-0.2, 0) is 9.47 Å². The van der Waals surface area contributed by atoms with Crippen molar-refractivity contribution in [1.29, 1.82) is 0 Å². The summed E-state index contributed by atoms with van der Waals surface area (Å²) in [5.41, 5.74) is 2.54. The number of nitrogens with zero attached hydrogens (tertiary/aromatic N) is 1. The Morgan fingerprint density at radius 2 is 1.31 bits per heavy atom. The van der Waals surface area contributed by atoms with E-state index in [1.54, 1.807) is 54.9 Å². The van der Waals surface area contributed by atoms with Crippen LogP contribution in [0.4, 0.5) is 11.4 Å². The third-order valence-corrected chi connectivity index (χ3v) is 4.13. The molecule has 0 saturated carbocycles. The monoisotopic (exact) mass is 396 g/mol. The zero-order valence-corrected chi connectivity index (χ0v) is 17.0. The Labute approximate surface area is 171 Å². The lowest BCUT2D eigenvalue weighted by molar-refractivity contribution is 0.0490. The first-order valence-corrected chi connectivity index (χ1v) is 9.97. The third kappa shape index (κ3) is 7.78. The molecule has 0 spiro atoms. The summed E-state index contributed by atoms with van der Waals surface area (Å²) in [6.07, 6.45) is 5.26. The number of hydrogen-bond acceptors (Lipinski definition) is 5. The van der Waals surface area contributed by atoms with Gasteiger partial charge in [-0.3, -0.25) is 0 Å². The van der Waals surface area contributed by atoms with Crippen LogP contribution in [0.3, 0.4) is 0 Å². The number of hydrogen-bond donors (Lipinski definition) is 1. The molecule has 2 rings (SSSR count). The summed E-state index contributed by atoms with van der Waals surface area (Å²) in [7, 11) is 0. The second kappa shape index (κ2) is 12.3. The molecule has 6 nitrogen and oxygen atoms in total. The molecule has 0 fully saturated rings. The molecule has 0 aliphatic carbocycles. The highest BCUT2D eigenvalue weighted by atomic mass is 16.5. The smallest absolute Gasteiger partial charge is 0.338 e. The van der Waals surface area contributed by atoms with E-state index >= 15 is 0 Å². The van der Waals surface area contributed by atoms with Gasteiger partial charge in [0, 0.05) is 5.69 Å². The highest BCUT2D eigenvalue weighted by Gasteiger charge is 2.07. The van der Waals surface area contributed by atoms with E-state index in [0.29, 0.717) is 30.0 Å². The molecule has 6 heteroatoms. The number of carbonyl (C=O) groups excluding carboxylic acids is 2. The Balaban J connectivity index is 1.83. The molecule has 0 bridgehead atoms. The van der Waals surface area contributed by atoms with E-state index in [0.717, 1.165) is 31.4 Å². The maximum Gasteiger partial charge on any atom is 0.338 e. The molecule has 0 aliphatic heterocycles. The van der Waals surface area contributed by atoms with Gasteiger partial charge in [0.25, 0.3) is 0 Å². The fourth-order valence-corrected chi connectivity index (χ4v) is 2.35. The highest BCUT2D eigenvalue weighted by Crippen LogP contribution is 2.14. The van der Waals surface area contributed by atoms with Gasteiger partial charge in [-0.2, -0.15) is 0 Å². The van der Waals surface area contributed by atoms with E-state index < -0.39 is 0 Å². The quantitative estimate of drug-likeness (QED) is 0.239. The normalized spacial score (nSPS) is 10.7. The number of carbonyl (C=O) groups is 2. The number of benzene rings is 2. The molecular formula is C23H28N2O4. The number of esters is 2. The van der Waals surface area contributed by atoms with Crippen LogP contribution in [0.15, 0.2) is 53.5 Å². The highest BCUT2D eigenvalue weighted by molar-refractivity contribution is 5.91. The molecular weight excluding hydrogens is 368 g/mol. The lowest BCUT2D eigenvalue weighted by atomic mass is 10.2. The predicted molar refractivity (Wildman–Crippen MR) is 115 cm³/mol. The molecule has 0 atom stereocenters. The number of nitrogens with one attached hydrogen (secondary N) is 1. The van der Waals surface area contributed by atoms with E-state index in [4.69, 9.17) is 9.47 Å². The zero-order chi connectivity index (χ0) is 20.9. The summed E-state index contributed by atoms with van der Waals surface area (Å²) in [5, 5.41) is 3.05. The van der Waals surface area contributed by atoms with Crippen molar-refractivity contribution in [2.45, 2.75) is 39.5 Å². The number of rotatable bonds is 11. The van der Waals surface area contributed by atoms with Crippen LogP contribution in [0.1, 0.15) is 60.2 Å². The first-order valence-electron chi connectivity index (χ1n) is 9.97. The van der Waals surface area contributed by atoms with Crippen molar-refractivity contribution >= 4 is 29.7 Å². The summed E-state index contributed by atoms with van der Waals surface area (Å²) in [5.74, 6) is -0.632. The summed E-state index contributed by atoms with van der Waals surface area (Å²) in [4.78, 5) is 28.1. The number of anilines is 1. The number of aliphatic imine (C=N–C) groups is 1. The van der Waals surface area contributed by atoms with Gasteiger partial charge < -0.3 is 14.8 Å². The van der Waals surface area contributed by atoms with Crippen LogP contribution in [-0.4, -0.2) is 31.5 Å². The van der Waals surface area contributed by atoms with Gasteiger partial charge in [0.2, 0.25) is 0 Å². The van der Waals surface area contributed by atoms with Crippen molar-refractivity contribution in [2.75, 3.05) is 18.5 Å². The van der Waals surface area contributed by atoms with Crippen LogP contribution in [0.5, 0.6) is 0 Å². The molecule has 0 unspecified atom stereocenters. The summed E-state index contributed by atoms with van der Waals surface area (Å²) < 4.78 is 10.4. The van der Waals surface area contributed by atoms with E-state index in [9.17, 15) is 9.59 Å². The zero-order valence-electron chi connectivity index (χ0n) is 17.0. The fourth-order valence-electron chi connectivity index (χ4n) is 2.35. The minimum atomic E-state index is -0.319. The van der Waals surface area contributed by atoms with E-state index in [2.05, 4.69) is 10.3 Å². The SMILES string of the molecule is CCCCOC(=O)c1ccc(N=CNc2ccc(C(=O)OCCCC)cc2)cc1. The van der Waals surface area contributed by atoms with Crippen LogP contribution in [0.25, 0.3) is 0 Å². The Bertz CT molecular complexity index is 799. The average molecular weight is 396 g/mol. The summed E-state index contributed by atoms with van der Waals surface area (Å²) >= 11 is 0. The van der Waals surface area contributed by atoms with Crippen molar-refractivity contribution in [3.8, 4) is 0 Å². The Kier molecular flexibility index (Phi) is 9.42. The molecule has 2 aromatic rings. The van der Waals surface area contributed by atoms with Crippen molar-refractivity contribution < 1.29 is 19.1 Å². The van der Waals surface area contributed by atoms with Gasteiger partial charge in [-0.05, 0) is 61.4 Å². The molecule has 0 saturated heterocycles. The fraction of sp³-hybridized carbons (Fsp3) is 0.348. The lowest BCUT2D eigenvalue weighted by Crippen LogP contribution is -2.06. The Hall–Kier alpha value is -3.15. The van der Waals surface area contributed by atoms with Crippen LogP contribution in [0.2, 0.25) is 0 Å². The molecule has 154 valence electrons. The third-order valence-electron chi connectivity index (χ3n) is 4.13. The van der Waals surface area contributed by atoms with E-state index in [1.807, 2.05) is 13.8 Å². The summed E-state index contributed by atoms with van der Waals surface area (Å²) in [6.45, 7) is 4.98. The molecule has 0 heterocycles. The minimum Gasteiger partial charge on any atom is -0.462 e. The standard InChI is InChI=1S/C23H28N2O4/c1-3-5-15-28-22(26)18-7-11-20(12-8-18)24-17-25-21-13-9-19(10-14-21)23(27)29-16-6-4-2/h7-14,17H,3-6,15-16H2,1-2H3,(H,24,25). The first-order chi connectivity index (χ1) is 14.1.